The Morgan fingerprint density at radius 1 is 1.16 bits per heavy atom. The molecule has 2 aromatic rings. The van der Waals surface area contributed by atoms with Crippen molar-refractivity contribution in [3.63, 3.8) is 0 Å². The number of hydrogen-bond acceptors (Lipinski definition) is 3. The summed E-state index contributed by atoms with van der Waals surface area (Å²) in [6.07, 6.45) is 0. The first kappa shape index (κ1) is 12.9. The molecule has 0 bridgehead atoms. The summed E-state index contributed by atoms with van der Waals surface area (Å²) >= 11 is 0. The smallest absolute Gasteiger partial charge is 0.173 e. The van der Waals surface area contributed by atoms with Crippen LogP contribution >= 0.6 is 0 Å². The van der Waals surface area contributed by atoms with Gasteiger partial charge in [-0.05, 0) is 29.8 Å². The zero-order valence-electron chi connectivity index (χ0n) is 10.1. The van der Waals surface area contributed by atoms with Gasteiger partial charge in [0.15, 0.2) is 5.84 Å². The highest BCUT2D eigenvalue weighted by atomic mass is 19.1. The molecule has 0 spiro atoms. The lowest BCUT2D eigenvalue weighted by atomic mass is 10.2. The van der Waals surface area contributed by atoms with E-state index in [9.17, 15) is 4.39 Å². The molecule has 0 unspecified atom stereocenters. The minimum atomic E-state index is -0.291. The normalized spacial score (nSPS) is 11.3. The summed E-state index contributed by atoms with van der Waals surface area (Å²) in [5, 5.41) is 11.6. The topological polar surface area (TPSA) is 67.8 Å². The number of nitrogens with two attached hydrogens (primary N) is 1. The first-order chi connectivity index (χ1) is 9.20. The van der Waals surface area contributed by atoms with Crippen LogP contribution in [0.3, 0.4) is 0 Å². The summed E-state index contributed by atoms with van der Waals surface area (Å²) in [5.74, 6) is 0.192. The maximum Gasteiger partial charge on any atom is 0.173 e. The van der Waals surface area contributed by atoms with Gasteiger partial charge in [-0.3, -0.25) is 0 Å². The molecule has 0 saturated heterocycles. The highest BCUT2D eigenvalue weighted by Crippen LogP contribution is 2.19. The molecule has 0 radical (unpaired) electrons. The molecule has 0 aliphatic heterocycles. The zero-order chi connectivity index (χ0) is 13.7. The fourth-order valence-electron chi connectivity index (χ4n) is 1.60. The molecule has 3 N–H and O–H groups in total. The molecule has 4 nitrogen and oxygen atoms in total. The van der Waals surface area contributed by atoms with E-state index < -0.39 is 0 Å². The minimum absolute atomic E-state index is 0.0188. The summed E-state index contributed by atoms with van der Waals surface area (Å²) in [7, 11) is 0. The van der Waals surface area contributed by atoms with Gasteiger partial charge < -0.3 is 15.7 Å². The van der Waals surface area contributed by atoms with Gasteiger partial charge in [-0.15, -0.1) is 0 Å². The number of para-hydroxylation sites is 1. The van der Waals surface area contributed by atoms with Crippen LogP contribution in [0.1, 0.15) is 11.1 Å². The SMILES string of the molecule is N/C(=N\O)c1ccccc1OCc1ccc(F)cc1. The van der Waals surface area contributed by atoms with Crippen LogP contribution in [0.2, 0.25) is 0 Å². The average Bonchev–Trinajstić information content (AvgIpc) is 2.46. The number of benzene rings is 2. The third-order valence-electron chi connectivity index (χ3n) is 2.58. The lowest BCUT2D eigenvalue weighted by Gasteiger charge is -2.10. The van der Waals surface area contributed by atoms with Crippen molar-refractivity contribution in [2.24, 2.45) is 10.9 Å². The molecule has 0 amide bonds. The van der Waals surface area contributed by atoms with Gasteiger partial charge in [-0.1, -0.05) is 29.4 Å². The Balaban J connectivity index is 2.13. The third-order valence-corrected chi connectivity index (χ3v) is 2.58. The second-order valence-corrected chi connectivity index (χ2v) is 3.90. The average molecular weight is 260 g/mol. The molecule has 0 atom stereocenters. The van der Waals surface area contributed by atoms with E-state index in [1.165, 1.54) is 12.1 Å². The van der Waals surface area contributed by atoms with E-state index in [1.807, 2.05) is 0 Å². The summed E-state index contributed by atoms with van der Waals surface area (Å²) in [6, 6.07) is 13.0. The molecular formula is C14H13FN2O2. The van der Waals surface area contributed by atoms with Gasteiger partial charge in [-0.2, -0.15) is 0 Å². The van der Waals surface area contributed by atoms with E-state index in [0.717, 1.165) is 5.56 Å². The van der Waals surface area contributed by atoms with Gasteiger partial charge >= 0.3 is 0 Å². The van der Waals surface area contributed by atoms with Crippen LogP contribution in [0.4, 0.5) is 4.39 Å². The monoisotopic (exact) mass is 260 g/mol. The first-order valence-electron chi connectivity index (χ1n) is 5.65. The molecule has 2 rings (SSSR count). The Kier molecular flexibility index (Phi) is 3.97. The van der Waals surface area contributed by atoms with E-state index in [-0.39, 0.29) is 18.3 Å². The van der Waals surface area contributed by atoms with Crippen LogP contribution in [-0.2, 0) is 6.61 Å². The Labute approximate surface area is 109 Å². The zero-order valence-corrected chi connectivity index (χ0v) is 10.1. The number of amidine groups is 1. The third kappa shape index (κ3) is 3.22. The van der Waals surface area contributed by atoms with Crippen LogP contribution < -0.4 is 10.5 Å². The number of nitrogens with zero attached hydrogens (tertiary/aromatic N) is 1. The van der Waals surface area contributed by atoms with Crippen LogP contribution in [0.15, 0.2) is 53.7 Å². The van der Waals surface area contributed by atoms with Crippen LogP contribution in [0.5, 0.6) is 5.75 Å². The molecule has 0 aromatic heterocycles. The van der Waals surface area contributed by atoms with E-state index >= 15 is 0 Å². The van der Waals surface area contributed by atoms with Crippen molar-refractivity contribution in [2.75, 3.05) is 0 Å². The number of rotatable bonds is 4. The maximum absolute atomic E-state index is 12.8. The highest BCUT2D eigenvalue weighted by Gasteiger charge is 2.07. The Bertz CT molecular complexity index is 582. The molecule has 2 aromatic carbocycles. The predicted molar refractivity (Wildman–Crippen MR) is 69.7 cm³/mol. The molecule has 0 saturated carbocycles. The standard InChI is InChI=1S/C14H13FN2O2/c15-11-7-5-10(6-8-11)9-19-13-4-2-1-3-12(13)14(16)17-18/h1-8,18H,9H2,(H2,16,17). The molecule has 5 heteroatoms. The Hall–Kier alpha value is -2.56. The van der Waals surface area contributed by atoms with Gasteiger partial charge in [0.1, 0.15) is 18.2 Å². The Morgan fingerprint density at radius 2 is 1.84 bits per heavy atom. The largest absolute Gasteiger partial charge is 0.488 e. The number of oxime groups is 1. The van der Waals surface area contributed by atoms with E-state index in [1.54, 1.807) is 36.4 Å². The summed E-state index contributed by atoms with van der Waals surface area (Å²) in [6.45, 7) is 0.274. The van der Waals surface area contributed by atoms with Crippen molar-refractivity contribution in [3.05, 3.63) is 65.5 Å². The van der Waals surface area contributed by atoms with Gasteiger partial charge in [0.2, 0.25) is 0 Å². The number of ether oxygens (including phenoxy) is 1. The second-order valence-electron chi connectivity index (χ2n) is 3.90. The van der Waals surface area contributed by atoms with Crippen LogP contribution in [-0.4, -0.2) is 11.0 Å². The van der Waals surface area contributed by atoms with Crippen molar-refractivity contribution in [1.82, 2.24) is 0 Å². The van der Waals surface area contributed by atoms with Crippen molar-refractivity contribution in [1.29, 1.82) is 0 Å². The highest BCUT2D eigenvalue weighted by molar-refractivity contribution is 5.99. The molecule has 98 valence electrons. The lowest BCUT2D eigenvalue weighted by Crippen LogP contribution is -2.14. The minimum Gasteiger partial charge on any atom is -0.488 e. The maximum atomic E-state index is 12.8. The molecule has 0 aliphatic rings. The molecular weight excluding hydrogens is 247 g/mol. The van der Waals surface area contributed by atoms with Crippen molar-refractivity contribution < 1.29 is 14.3 Å². The summed E-state index contributed by atoms with van der Waals surface area (Å²) < 4.78 is 18.4. The van der Waals surface area contributed by atoms with Crippen molar-refractivity contribution >= 4 is 5.84 Å². The molecule has 0 aliphatic carbocycles. The molecule has 19 heavy (non-hydrogen) atoms. The lowest BCUT2D eigenvalue weighted by molar-refractivity contribution is 0.303. The summed E-state index contributed by atoms with van der Waals surface area (Å²) in [4.78, 5) is 0. The molecule has 0 heterocycles. The second kappa shape index (κ2) is 5.86. The van der Waals surface area contributed by atoms with Gasteiger partial charge in [-0.25, -0.2) is 4.39 Å². The van der Waals surface area contributed by atoms with Gasteiger partial charge in [0, 0.05) is 0 Å². The number of hydrogen-bond donors (Lipinski definition) is 2. The van der Waals surface area contributed by atoms with E-state index in [0.29, 0.717) is 11.3 Å². The molecule has 0 fully saturated rings. The fourth-order valence-corrected chi connectivity index (χ4v) is 1.60. The van der Waals surface area contributed by atoms with Gasteiger partial charge in [0.05, 0.1) is 5.56 Å². The first-order valence-corrected chi connectivity index (χ1v) is 5.65. The van der Waals surface area contributed by atoms with Crippen molar-refractivity contribution in [2.45, 2.75) is 6.61 Å². The summed E-state index contributed by atoms with van der Waals surface area (Å²) in [5.41, 5.74) is 6.89. The van der Waals surface area contributed by atoms with Crippen LogP contribution in [0, 0.1) is 5.82 Å². The quantitative estimate of drug-likeness (QED) is 0.384. The predicted octanol–water partition coefficient (Wildman–Crippen LogP) is 2.50. The van der Waals surface area contributed by atoms with E-state index in [2.05, 4.69) is 5.16 Å². The van der Waals surface area contributed by atoms with Crippen molar-refractivity contribution in [3.8, 4) is 5.75 Å². The fraction of sp³-hybridized carbons (Fsp3) is 0.0714. The van der Waals surface area contributed by atoms with E-state index in [4.69, 9.17) is 15.7 Å². The van der Waals surface area contributed by atoms with Crippen LogP contribution in [0.25, 0.3) is 0 Å². The Morgan fingerprint density at radius 3 is 2.53 bits per heavy atom. The van der Waals surface area contributed by atoms with Gasteiger partial charge in [0.25, 0.3) is 0 Å². The number of halogens is 1.